The lowest BCUT2D eigenvalue weighted by atomic mass is 10.1. The molecule has 2 rings (SSSR count). The van der Waals surface area contributed by atoms with Gasteiger partial charge in [-0.1, -0.05) is 35.0 Å². The van der Waals surface area contributed by atoms with Crippen molar-refractivity contribution in [1.29, 1.82) is 0 Å². The summed E-state index contributed by atoms with van der Waals surface area (Å²) in [4.78, 5) is 0. The SMILES string of the molecule is CCc1nn(C)cc1NCc1ccc(C)cc1Br. The third kappa shape index (κ3) is 2.93. The van der Waals surface area contributed by atoms with E-state index in [-0.39, 0.29) is 0 Å². The van der Waals surface area contributed by atoms with Gasteiger partial charge >= 0.3 is 0 Å². The van der Waals surface area contributed by atoms with Gasteiger partial charge in [-0.15, -0.1) is 0 Å². The maximum Gasteiger partial charge on any atom is 0.0853 e. The molecule has 0 aliphatic rings. The predicted octanol–water partition coefficient (Wildman–Crippen LogP) is 3.67. The van der Waals surface area contributed by atoms with Crippen LogP contribution in [0.25, 0.3) is 0 Å². The second-order valence-electron chi connectivity index (χ2n) is 4.47. The summed E-state index contributed by atoms with van der Waals surface area (Å²) in [5, 5.41) is 7.87. The van der Waals surface area contributed by atoms with Gasteiger partial charge in [-0.25, -0.2) is 0 Å². The van der Waals surface area contributed by atoms with Gasteiger partial charge in [0, 0.05) is 24.3 Å². The van der Waals surface area contributed by atoms with Crippen molar-refractivity contribution in [2.24, 2.45) is 7.05 Å². The van der Waals surface area contributed by atoms with Crippen LogP contribution in [0.5, 0.6) is 0 Å². The van der Waals surface area contributed by atoms with Crippen molar-refractivity contribution in [2.45, 2.75) is 26.8 Å². The van der Waals surface area contributed by atoms with E-state index in [1.54, 1.807) is 0 Å². The fraction of sp³-hybridized carbons (Fsp3) is 0.357. The monoisotopic (exact) mass is 307 g/mol. The lowest BCUT2D eigenvalue weighted by Gasteiger charge is -2.08. The standard InChI is InChI=1S/C14H18BrN3/c1-4-13-14(9-18(3)17-13)16-8-11-6-5-10(2)7-12(11)15/h5-7,9,16H,4,8H2,1-3H3. The van der Waals surface area contributed by atoms with Crippen molar-refractivity contribution in [2.75, 3.05) is 5.32 Å². The minimum atomic E-state index is 0.805. The Morgan fingerprint density at radius 3 is 2.83 bits per heavy atom. The number of anilines is 1. The van der Waals surface area contributed by atoms with Crippen LogP contribution in [-0.2, 0) is 20.0 Å². The van der Waals surface area contributed by atoms with Gasteiger partial charge < -0.3 is 5.32 Å². The number of rotatable bonds is 4. The van der Waals surface area contributed by atoms with Crippen LogP contribution in [0, 0.1) is 6.92 Å². The minimum Gasteiger partial charge on any atom is -0.378 e. The van der Waals surface area contributed by atoms with Gasteiger partial charge in [0.05, 0.1) is 11.4 Å². The molecule has 2 aromatic rings. The molecule has 0 unspecified atom stereocenters. The van der Waals surface area contributed by atoms with Crippen LogP contribution < -0.4 is 5.32 Å². The molecule has 0 saturated heterocycles. The zero-order valence-electron chi connectivity index (χ0n) is 11.0. The van der Waals surface area contributed by atoms with Crippen molar-refractivity contribution < 1.29 is 0 Å². The molecule has 0 aliphatic carbocycles. The Kier molecular flexibility index (Phi) is 4.07. The van der Waals surface area contributed by atoms with E-state index in [0.717, 1.165) is 28.8 Å². The summed E-state index contributed by atoms with van der Waals surface area (Å²) in [5.74, 6) is 0. The average Bonchev–Trinajstić information content (AvgIpc) is 2.68. The van der Waals surface area contributed by atoms with Crippen molar-refractivity contribution in [3.63, 3.8) is 0 Å². The first-order valence-electron chi connectivity index (χ1n) is 6.11. The number of hydrogen-bond acceptors (Lipinski definition) is 2. The Morgan fingerprint density at radius 2 is 2.17 bits per heavy atom. The fourth-order valence-electron chi connectivity index (χ4n) is 1.93. The molecule has 0 spiro atoms. The van der Waals surface area contributed by atoms with Crippen molar-refractivity contribution in [1.82, 2.24) is 9.78 Å². The number of nitrogens with one attached hydrogen (secondary N) is 1. The molecule has 0 bridgehead atoms. The molecular weight excluding hydrogens is 290 g/mol. The Labute approximate surface area is 116 Å². The summed E-state index contributed by atoms with van der Waals surface area (Å²) < 4.78 is 3.00. The van der Waals surface area contributed by atoms with Crippen molar-refractivity contribution in [3.05, 3.63) is 45.7 Å². The zero-order valence-corrected chi connectivity index (χ0v) is 12.6. The highest BCUT2D eigenvalue weighted by atomic mass is 79.9. The van der Waals surface area contributed by atoms with E-state index in [9.17, 15) is 0 Å². The Balaban J connectivity index is 2.11. The number of aromatic nitrogens is 2. The lowest BCUT2D eigenvalue weighted by molar-refractivity contribution is 0.746. The van der Waals surface area contributed by atoms with Crippen LogP contribution in [0.15, 0.2) is 28.9 Å². The zero-order chi connectivity index (χ0) is 13.1. The maximum absolute atomic E-state index is 4.42. The van der Waals surface area contributed by atoms with Crippen molar-refractivity contribution >= 4 is 21.6 Å². The molecule has 0 atom stereocenters. The first-order chi connectivity index (χ1) is 8.60. The quantitative estimate of drug-likeness (QED) is 0.934. The van der Waals surface area contributed by atoms with E-state index >= 15 is 0 Å². The number of benzene rings is 1. The van der Waals surface area contributed by atoms with Gasteiger partial charge in [0.15, 0.2) is 0 Å². The Bertz CT molecular complexity index is 546. The van der Waals surface area contributed by atoms with Gasteiger partial charge in [-0.2, -0.15) is 5.10 Å². The van der Waals surface area contributed by atoms with Crippen LogP contribution in [0.4, 0.5) is 5.69 Å². The number of aryl methyl sites for hydroxylation is 3. The summed E-state index contributed by atoms with van der Waals surface area (Å²) in [6.45, 7) is 5.02. The fourth-order valence-corrected chi connectivity index (χ4v) is 2.56. The Morgan fingerprint density at radius 1 is 1.39 bits per heavy atom. The van der Waals surface area contributed by atoms with E-state index < -0.39 is 0 Å². The Hall–Kier alpha value is -1.29. The second kappa shape index (κ2) is 5.57. The number of halogens is 1. The first-order valence-corrected chi connectivity index (χ1v) is 6.91. The van der Waals surface area contributed by atoms with Gasteiger partial charge in [0.25, 0.3) is 0 Å². The second-order valence-corrected chi connectivity index (χ2v) is 5.32. The molecule has 1 heterocycles. The maximum atomic E-state index is 4.42. The third-order valence-electron chi connectivity index (χ3n) is 2.92. The molecule has 18 heavy (non-hydrogen) atoms. The summed E-state index contributed by atoms with van der Waals surface area (Å²) >= 11 is 3.60. The van der Waals surface area contributed by atoms with Crippen LogP contribution in [0.3, 0.4) is 0 Å². The van der Waals surface area contributed by atoms with E-state index in [1.165, 1.54) is 11.1 Å². The van der Waals surface area contributed by atoms with E-state index in [4.69, 9.17) is 0 Å². The molecule has 1 aromatic heterocycles. The topological polar surface area (TPSA) is 29.9 Å². The van der Waals surface area contributed by atoms with Crippen LogP contribution in [0.2, 0.25) is 0 Å². The van der Waals surface area contributed by atoms with Crippen LogP contribution in [-0.4, -0.2) is 9.78 Å². The molecule has 96 valence electrons. The molecule has 0 radical (unpaired) electrons. The molecule has 1 N–H and O–H groups in total. The number of nitrogens with zero attached hydrogens (tertiary/aromatic N) is 2. The summed E-state index contributed by atoms with van der Waals surface area (Å²) in [6.07, 6.45) is 2.97. The highest BCUT2D eigenvalue weighted by Gasteiger charge is 2.06. The molecular formula is C14H18BrN3. The highest BCUT2D eigenvalue weighted by Crippen LogP contribution is 2.21. The number of hydrogen-bond donors (Lipinski definition) is 1. The van der Waals surface area contributed by atoms with Gasteiger partial charge in [-0.05, 0) is 30.5 Å². The summed E-state index contributed by atoms with van der Waals surface area (Å²) in [5.41, 5.74) is 4.75. The predicted molar refractivity (Wildman–Crippen MR) is 78.8 cm³/mol. The van der Waals surface area contributed by atoms with Crippen LogP contribution >= 0.6 is 15.9 Å². The average molecular weight is 308 g/mol. The molecule has 1 aromatic carbocycles. The molecule has 0 amide bonds. The van der Waals surface area contributed by atoms with Gasteiger partial charge in [-0.3, -0.25) is 4.68 Å². The molecule has 0 aliphatic heterocycles. The minimum absolute atomic E-state index is 0.805. The highest BCUT2D eigenvalue weighted by molar-refractivity contribution is 9.10. The van der Waals surface area contributed by atoms with E-state index in [2.05, 4.69) is 58.4 Å². The molecule has 0 saturated carbocycles. The molecule has 0 fully saturated rings. The molecule has 4 heteroatoms. The first kappa shape index (κ1) is 13.1. The van der Waals surface area contributed by atoms with Crippen LogP contribution in [0.1, 0.15) is 23.7 Å². The van der Waals surface area contributed by atoms with Gasteiger partial charge in [0.2, 0.25) is 0 Å². The normalized spacial score (nSPS) is 10.7. The van der Waals surface area contributed by atoms with Gasteiger partial charge in [0.1, 0.15) is 0 Å². The van der Waals surface area contributed by atoms with Crippen molar-refractivity contribution in [3.8, 4) is 0 Å². The third-order valence-corrected chi connectivity index (χ3v) is 3.66. The van der Waals surface area contributed by atoms with E-state index in [0.29, 0.717) is 0 Å². The lowest BCUT2D eigenvalue weighted by Crippen LogP contribution is -2.01. The van der Waals surface area contributed by atoms with E-state index in [1.807, 2.05) is 17.9 Å². The summed E-state index contributed by atoms with van der Waals surface area (Å²) in [6, 6.07) is 6.42. The smallest absolute Gasteiger partial charge is 0.0853 e. The molecule has 3 nitrogen and oxygen atoms in total. The largest absolute Gasteiger partial charge is 0.378 e. The summed E-state index contributed by atoms with van der Waals surface area (Å²) in [7, 11) is 1.95.